The molecule has 1 aliphatic heterocycles. The quantitative estimate of drug-likeness (QED) is 0.691. The van der Waals surface area contributed by atoms with Gasteiger partial charge in [-0.05, 0) is 19.1 Å². The van der Waals surface area contributed by atoms with Crippen molar-refractivity contribution in [2.75, 3.05) is 44.7 Å². The Balaban J connectivity index is 1.67. The number of amides is 1. The van der Waals surface area contributed by atoms with E-state index in [1.54, 1.807) is 11.8 Å². The summed E-state index contributed by atoms with van der Waals surface area (Å²) in [5.74, 6) is 0.0334. The Morgan fingerprint density at radius 3 is 2.33 bits per heavy atom. The minimum absolute atomic E-state index is 0.0763. The lowest BCUT2D eigenvalue weighted by atomic mass is 10.2. The zero-order valence-corrected chi connectivity index (χ0v) is 17.4. The second-order valence-electron chi connectivity index (χ2n) is 7.22. The molecule has 12 heteroatoms. The van der Waals surface area contributed by atoms with Gasteiger partial charge in [0.05, 0.1) is 28.8 Å². The molecule has 8 nitrogen and oxygen atoms in total. The van der Waals surface area contributed by atoms with E-state index in [0.717, 1.165) is 12.3 Å². The van der Waals surface area contributed by atoms with Crippen LogP contribution in [0.5, 0.6) is 0 Å². The second-order valence-corrected chi connectivity index (χ2v) is 9.48. The Hall–Kier alpha value is -2.47. The molecule has 164 valence electrons. The van der Waals surface area contributed by atoms with Crippen molar-refractivity contribution in [1.82, 2.24) is 24.6 Å². The maximum absolute atomic E-state index is 12.9. The average molecular weight is 445 g/mol. The first kappa shape index (κ1) is 22.2. The van der Waals surface area contributed by atoms with Crippen LogP contribution in [0.3, 0.4) is 0 Å². The van der Waals surface area contributed by atoms with E-state index >= 15 is 0 Å². The number of aromatic nitrogens is 3. The maximum Gasteiger partial charge on any atom is 0.417 e. The molecule has 1 aliphatic rings. The smallest absolute Gasteiger partial charge is 0.336 e. The fourth-order valence-electron chi connectivity index (χ4n) is 3.17. The summed E-state index contributed by atoms with van der Waals surface area (Å²) in [5, 5.41) is 4.11. The number of hydrogen-bond acceptors (Lipinski definition) is 6. The average Bonchev–Trinajstić information content (AvgIpc) is 3.06. The van der Waals surface area contributed by atoms with Crippen LogP contribution in [0.1, 0.15) is 21.6 Å². The Labute approximate surface area is 172 Å². The summed E-state index contributed by atoms with van der Waals surface area (Å²) in [4.78, 5) is 20.3. The molecule has 0 atom stereocenters. The molecule has 1 saturated heterocycles. The van der Waals surface area contributed by atoms with E-state index in [9.17, 15) is 26.4 Å². The highest BCUT2D eigenvalue weighted by molar-refractivity contribution is 7.90. The van der Waals surface area contributed by atoms with Gasteiger partial charge >= 0.3 is 6.18 Å². The Morgan fingerprint density at radius 1 is 1.13 bits per heavy atom. The van der Waals surface area contributed by atoms with Crippen molar-refractivity contribution in [3.8, 4) is 5.82 Å². The molecule has 1 amide bonds. The Morgan fingerprint density at radius 2 is 1.80 bits per heavy atom. The molecule has 0 bridgehead atoms. The number of pyridine rings is 1. The first-order chi connectivity index (χ1) is 14.0. The summed E-state index contributed by atoms with van der Waals surface area (Å²) in [6, 6.07) is 2.12. The fraction of sp³-hybridized carbons (Fsp3) is 0.500. The van der Waals surface area contributed by atoms with Crippen molar-refractivity contribution < 1.29 is 26.4 Å². The van der Waals surface area contributed by atoms with E-state index in [2.05, 4.69) is 10.1 Å². The van der Waals surface area contributed by atoms with E-state index in [-0.39, 0.29) is 17.5 Å². The number of hydrogen-bond donors (Lipinski definition) is 0. The molecule has 2 aromatic rings. The van der Waals surface area contributed by atoms with Gasteiger partial charge in [0.15, 0.2) is 5.82 Å². The van der Waals surface area contributed by atoms with Gasteiger partial charge in [-0.1, -0.05) is 0 Å². The van der Waals surface area contributed by atoms with Gasteiger partial charge in [0.25, 0.3) is 5.91 Å². The first-order valence-electron chi connectivity index (χ1n) is 9.23. The van der Waals surface area contributed by atoms with Crippen LogP contribution in [0.15, 0.2) is 24.5 Å². The van der Waals surface area contributed by atoms with Gasteiger partial charge in [0.1, 0.15) is 9.84 Å². The van der Waals surface area contributed by atoms with E-state index < -0.39 is 21.6 Å². The number of alkyl halides is 3. The molecule has 3 heterocycles. The normalized spacial score (nSPS) is 16.1. The molecule has 3 rings (SSSR count). The summed E-state index contributed by atoms with van der Waals surface area (Å²) in [7, 11) is -3.04. The molecular formula is C18H22F3N5O3S. The monoisotopic (exact) mass is 445 g/mol. The van der Waals surface area contributed by atoms with Crippen LogP contribution < -0.4 is 0 Å². The Kier molecular flexibility index (Phi) is 6.18. The third-order valence-electron chi connectivity index (χ3n) is 4.97. The van der Waals surface area contributed by atoms with Gasteiger partial charge in [-0.25, -0.2) is 18.1 Å². The summed E-state index contributed by atoms with van der Waals surface area (Å²) >= 11 is 0. The maximum atomic E-state index is 12.9. The second kappa shape index (κ2) is 8.34. The van der Waals surface area contributed by atoms with Crippen LogP contribution in [-0.2, 0) is 16.0 Å². The molecule has 30 heavy (non-hydrogen) atoms. The van der Waals surface area contributed by atoms with Crippen LogP contribution in [0.25, 0.3) is 5.82 Å². The van der Waals surface area contributed by atoms with E-state index in [4.69, 9.17) is 0 Å². The standard InChI is InChI=1S/C18H22F3N5O3S/c1-13-15(12-23-26(13)16-4-3-14(11-22-16)18(19,20)21)17(27)25-7-5-24(6-8-25)9-10-30(2,28)29/h3-4,11-12H,5-10H2,1-2H3. The van der Waals surface area contributed by atoms with Gasteiger partial charge in [-0.3, -0.25) is 9.69 Å². The number of sulfone groups is 1. The molecule has 2 aromatic heterocycles. The van der Waals surface area contributed by atoms with Crippen LogP contribution in [0, 0.1) is 6.92 Å². The molecule has 0 spiro atoms. The van der Waals surface area contributed by atoms with E-state index in [1.165, 1.54) is 23.2 Å². The lowest BCUT2D eigenvalue weighted by molar-refractivity contribution is -0.137. The minimum atomic E-state index is -4.48. The van der Waals surface area contributed by atoms with Gasteiger partial charge in [-0.2, -0.15) is 18.3 Å². The molecular weight excluding hydrogens is 423 g/mol. The number of carbonyl (C=O) groups excluding carboxylic acids is 1. The summed E-state index contributed by atoms with van der Waals surface area (Å²) in [5.41, 5.74) is -0.0332. The van der Waals surface area contributed by atoms with Crippen LogP contribution in [0.2, 0.25) is 0 Å². The molecule has 0 unspecified atom stereocenters. The minimum Gasteiger partial charge on any atom is -0.336 e. The van der Waals surface area contributed by atoms with Crippen LogP contribution in [0.4, 0.5) is 13.2 Å². The zero-order valence-electron chi connectivity index (χ0n) is 16.6. The molecule has 0 aliphatic carbocycles. The summed E-state index contributed by atoms with van der Waals surface area (Å²) < 4.78 is 62.0. The summed E-state index contributed by atoms with van der Waals surface area (Å²) in [6.07, 6.45) is -1.17. The Bertz CT molecular complexity index is 1010. The molecule has 0 saturated carbocycles. The highest BCUT2D eigenvalue weighted by Crippen LogP contribution is 2.29. The van der Waals surface area contributed by atoms with Gasteiger partial charge in [0.2, 0.25) is 0 Å². The van der Waals surface area contributed by atoms with Crippen molar-refractivity contribution in [3.05, 3.63) is 41.3 Å². The van der Waals surface area contributed by atoms with Crippen molar-refractivity contribution in [2.24, 2.45) is 0 Å². The highest BCUT2D eigenvalue weighted by Gasteiger charge is 2.31. The lowest BCUT2D eigenvalue weighted by Gasteiger charge is -2.34. The molecule has 1 fully saturated rings. The van der Waals surface area contributed by atoms with Gasteiger partial charge in [-0.15, -0.1) is 0 Å². The van der Waals surface area contributed by atoms with Crippen molar-refractivity contribution in [1.29, 1.82) is 0 Å². The SMILES string of the molecule is Cc1c(C(=O)N2CCN(CCS(C)(=O)=O)CC2)cnn1-c1ccc(C(F)(F)F)cn1. The fourth-order valence-corrected chi connectivity index (χ4v) is 3.76. The van der Waals surface area contributed by atoms with Crippen molar-refractivity contribution in [2.45, 2.75) is 13.1 Å². The number of piperazine rings is 1. The number of halogens is 3. The molecule has 0 N–H and O–H groups in total. The summed E-state index contributed by atoms with van der Waals surface area (Å²) in [6.45, 7) is 4.11. The van der Waals surface area contributed by atoms with Crippen LogP contribution in [-0.4, -0.2) is 83.6 Å². The molecule has 0 radical (unpaired) electrons. The number of carbonyl (C=O) groups is 1. The first-order valence-corrected chi connectivity index (χ1v) is 11.3. The van der Waals surface area contributed by atoms with E-state index in [1.807, 2.05) is 4.90 Å². The molecule has 0 aromatic carbocycles. The zero-order chi connectivity index (χ0) is 22.1. The predicted octanol–water partition coefficient (Wildman–Crippen LogP) is 1.40. The van der Waals surface area contributed by atoms with Crippen LogP contribution >= 0.6 is 0 Å². The lowest BCUT2D eigenvalue weighted by Crippen LogP contribution is -2.49. The van der Waals surface area contributed by atoms with E-state index in [0.29, 0.717) is 44.0 Å². The predicted molar refractivity (Wildman–Crippen MR) is 103 cm³/mol. The highest BCUT2D eigenvalue weighted by atomic mass is 32.2. The van der Waals surface area contributed by atoms with Crippen molar-refractivity contribution >= 4 is 15.7 Å². The number of nitrogens with zero attached hydrogens (tertiary/aromatic N) is 5. The van der Waals surface area contributed by atoms with Crippen molar-refractivity contribution in [3.63, 3.8) is 0 Å². The van der Waals surface area contributed by atoms with Gasteiger partial charge < -0.3 is 4.90 Å². The number of rotatable bonds is 5. The third-order valence-corrected chi connectivity index (χ3v) is 5.89. The third kappa shape index (κ3) is 5.17. The topological polar surface area (TPSA) is 88.4 Å². The van der Waals surface area contributed by atoms with Gasteiger partial charge in [0, 0.05) is 45.2 Å². The largest absolute Gasteiger partial charge is 0.417 e.